The van der Waals surface area contributed by atoms with Crippen molar-refractivity contribution < 1.29 is 14.1 Å². The number of rotatable bonds is 5. The standard InChI is InChI=1S/C27H31ClN4O3/c1-17-8-9-20-22(15-27(2,3)34-23(20)14-17)29-26(33)18-10-12-32(13-11-18)16-24-30-25(31-35-24)19-6-4-5-7-21(19)28/h4-9,14,18,22H,10-13,15-16H2,1-3H3,(H,29,33). The number of hydrogen-bond acceptors (Lipinski definition) is 6. The summed E-state index contributed by atoms with van der Waals surface area (Å²) >= 11 is 6.25. The van der Waals surface area contributed by atoms with E-state index in [2.05, 4.69) is 59.3 Å². The fraction of sp³-hybridized carbons (Fsp3) is 0.444. The highest BCUT2D eigenvalue weighted by atomic mass is 35.5. The zero-order valence-corrected chi connectivity index (χ0v) is 21.1. The Morgan fingerprint density at radius 2 is 1.97 bits per heavy atom. The maximum Gasteiger partial charge on any atom is 0.241 e. The van der Waals surface area contributed by atoms with Crippen molar-refractivity contribution in [2.45, 2.75) is 58.2 Å². The fourth-order valence-corrected chi connectivity index (χ4v) is 5.21. The topological polar surface area (TPSA) is 80.5 Å². The van der Waals surface area contributed by atoms with Crippen LogP contribution in [0.25, 0.3) is 11.4 Å². The highest BCUT2D eigenvalue weighted by molar-refractivity contribution is 6.33. The van der Waals surface area contributed by atoms with E-state index in [1.54, 1.807) is 0 Å². The maximum atomic E-state index is 13.2. The number of nitrogens with zero attached hydrogens (tertiary/aromatic N) is 3. The molecule has 5 rings (SSSR count). The zero-order valence-electron chi connectivity index (χ0n) is 20.4. The molecule has 2 aliphatic rings. The normalized spacial score (nSPS) is 20.2. The second-order valence-corrected chi connectivity index (χ2v) is 10.6. The monoisotopic (exact) mass is 494 g/mol. The number of aryl methyl sites for hydroxylation is 1. The van der Waals surface area contributed by atoms with Gasteiger partial charge in [-0.05, 0) is 70.5 Å². The first-order valence-corrected chi connectivity index (χ1v) is 12.5. The number of hydrogen-bond donors (Lipinski definition) is 1. The van der Waals surface area contributed by atoms with Crippen molar-refractivity contribution in [3.05, 3.63) is 64.5 Å². The van der Waals surface area contributed by atoms with Crippen molar-refractivity contribution in [2.24, 2.45) is 5.92 Å². The first-order valence-electron chi connectivity index (χ1n) is 12.2. The van der Waals surface area contributed by atoms with Gasteiger partial charge in [0.05, 0.1) is 17.6 Å². The van der Waals surface area contributed by atoms with E-state index in [9.17, 15) is 4.79 Å². The second-order valence-electron chi connectivity index (χ2n) is 10.2. The van der Waals surface area contributed by atoms with Gasteiger partial charge in [-0.2, -0.15) is 4.98 Å². The minimum Gasteiger partial charge on any atom is -0.487 e. The van der Waals surface area contributed by atoms with E-state index in [1.165, 1.54) is 0 Å². The van der Waals surface area contributed by atoms with Gasteiger partial charge >= 0.3 is 0 Å². The Morgan fingerprint density at radius 1 is 1.20 bits per heavy atom. The van der Waals surface area contributed by atoms with E-state index in [-0.39, 0.29) is 23.5 Å². The predicted octanol–water partition coefficient (Wildman–Crippen LogP) is 5.33. The molecule has 8 heteroatoms. The number of carbonyl (C=O) groups excluding carboxylic acids is 1. The number of ether oxygens (including phenoxy) is 1. The van der Waals surface area contributed by atoms with Crippen LogP contribution in [0, 0.1) is 12.8 Å². The summed E-state index contributed by atoms with van der Waals surface area (Å²) in [5, 5.41) is 8.00. The number of aromatic nitrogens is 2. The smallest absolute Gasteiger partial charge is 0.241 e. The van der Waals surface area contributed by atoms with Crippen molar-refractivity contribution in [3.8, 4) is 17.1 Å². The third-order valence-electron chi connectivity index (χ3n) is 6.84. The van der Waals surface area contributed by atoms with Crippen molar-refractivity contribution in [2.75, 3.05) is 13.1 Å². The van der Waals surface area contributed by atoms with E-state index in [1.807, 2.05) is 24.3 Å². The van der Waals surface area contributed by atoms with Gasteiger partial charge < -0.3 is 14.6 Å². The van der Waals surface area contributed by atoms with Crippen molar-refractivity contribution in [1.29, 1.82) is 0 Å². The Morgan fingerprint density at radius 3 is 2.74 bits per heavy atom. The SMILES string of the molecule is Cc1ccc2c(c1)OC(C)(C)CC2NC(=O)C1CCN(Cc2nc(-c3ccccc3Cl)no2)CC1. The van der Waals surface area contributed by atoms with Crippen LogP contribution in [0.5, 0.6) is 5.75 Å². The van der Waals surface area contributed by atoms with Gasteiger partial charge in [-0.25, -0.2) is 0 Å². The number of carbonyl (C=O) groups is 1. The molecule has 1 fully saturated rings. The van der Waals surface area contributed by atoms with E-state index in [4.69, 9.17) is 20.9 Å². The second kappa shape index (κ2) is 9.63. The lowest BCUT2D eigenvalue weighted by atomic mass is 9.88. The molecule has 0 aliphatic carbocycles. The van der Waals surface area contributed by atoms with Crippen LogP contribution in [0.3, 0.4) is 0 Å². The van der Waals surface area contributed by atoms with E-state index in [0.29, 0.717) is 23.3 Å². The quantitative estimate of drug-likeness (QED) is 0.516. The Labute approximate surface area is 210 Å². The van der Waals surface area contributed by atoms with Crippen LogP contribution in [0.4, 0.5) is 0 Å². The van der Waals surface area contributed by atoms with Crippen LogP contribution in [-0.2, 0) is 11.3 Å². The van der Waals surface area contributed by atoms with Gasteiger partial charge in [-0.1, -0.05) is 41.0 Å². The number of amides is 1. The summed E-state index contributed by atoms with van der Waals surface area (Å²) in [6, 6.07) is 13.6. The average molecular weight is 495 g/mol. The first kappa shape index (κ1) is 23.8. The molecule has 184 valence electrons. The average Bonchev–Trinajstić information content (AvgIpc) is 3.27. The summed E-state index contributed by atoms with van der Waals surface area (Å²) in [5.41, 5.74) is 2.65. The third kappa shape index (κ3) is 5.36. The third-order valence-corrected chi connectivity index (χ3v) is 7.17. The first-order chi connectivity index (χ1) is 16.8. The molecule has 2 aliphatic heterocycles. The van der Waals surface area contributed by atoms with E-state index < -0.39 is 0 Å². The number of benzene rings is 2. The Kier molecular flexibility index (Phi) is 6.55. The molecule has 0 bridgehead atoms. The van der Waals surface area contributed by atoms with Gasteiger partial charge in [-0.15, -0.1) is 0 Å². The molecule has 1 N–H and O–H groups in total. The number of fused-ring (bicyclic) bond motifs is 1. The molecule has 1 atom stereocenters. The number of piperidine rings is 1. The van der Waals surface area contributed by atoms with Crippen LogP contribution in [0.2, 0.25) is 5.02 Å². The fourth-order valence-electron chi connectivity index (χ4n) is 4.99. The molecule has 1 unspecified atom stereocenters. The predicted molar refractivity (Wildman–Crippen MR) is 134 cm³/mol. The lowest BCUT2D eigenvalue weighted by molar-refractivity contribution is -0.127. The minimum absolute atomic E-state index is 0.00697. The highest BCUT2D eigenvalue weighted by Crippen LogP contribution is 2.40. The summed E-state index contributed by atoms with van der Waals surface area (Å²) in [6.07, 6.45) is 2.34. The van der Waals surface area contributed by atoms with Crippen LogP contribution in [0.15, 0.2) is 47.0 Å². The summed E-state index contributed by atoms with van der Waals surface area (Å²) in [4.78, 5) is 20.0. The molecule has 35 heavy (non-hydrogen) atoms. The summed E-state index contributed by atoms with van der Waals surface area (Å²) in [6.45, 7) is 8.37. The van der Waals surface area contributed by atoms with E-state index in [0.717, 1.165) is 54.8 Å². The molecule has 7 nitrogen and oxygen atoms in total. The van der Waals surface area contributed by atoms with Crippen molar-refractivity contribution in [3.63, 3.8) is 0 Å². The van der Waals surface area contributed by atoms with Gasteiger partial charge in [0.15, 0.2) is 0 Å². The van der Waals surface area contributed by atoms with Gasteiger partial charge in [0.2, 0.25) is 17.6 Å². The lowest BCUT2D eigenvalue weighted by Crippen LogP contribution is -2.45. The van der Waals surface area contributed by atoms with Gasteiger partial charge in [0.25, 0.3) is 0 Å². The van der Waals surface area contributed by atoms with Crippen LogP contribution < -0.4 is 10.1 Å². The molecular formula is C27H31ClN4O3. The zero-order chi connectivity index (χ0) is 24.6. The molecule has 1 amide bonds. The molecule has 0 spiro atoms. The molecule has 1 aromatic heterocycles. The Balaban J connectivity index is 1.17. The van der Waals surface area contributed by atoms with Crippen LogP contribution >= 0.6 is 11.6 Å². The number of nitrogens with one attached hydrogen (secondary N) is 1. The Hall–Kier alpha value is -2.90. The Bertz CT molecular complexity index is 1220. The number of halogens is 1. The van der Waals surface area contributed by atoms with Crippen molar-refractivity contribution >= 4 is 17.5 Å². The highest BCUT2D eigenvalue weighted by Gasteiger charge is 2.36. The minimum atomic E-state index is -0.324. The van der Waals surface area contributed by atoms with Gasteiger partial charge in [-0.3, -0.25) is 9.69 Å². The molecule has 0 saturated carbocycles. The van der Waals surface area contributed by atoms with Crippen LogP contribution in [-0.4, -0.2) is 39.6 Å². The molecule has 0 radical (unpaired) electrons. The van der Waals surface area contributed by atoms with Crippen LogP contribution in [0.1, 0.15) is 56.2 Å². The van der Waals surface area contributed by atoms with Crippen molar-refractivity contribution in [1.82, 2.24) is 20.4 Å². The molecular weight excluding hydrogens is 464 g/mol. The van der Waals surface area contributed by atoms with E-state index >= 15 is 0 Å². The van der Waals surface area contributed by atoms with Gasteiger partial charge in [0.1, 0.15) is 11.4 Å². The summed E-state index contributed by atoms with van der Waals surface area (Å²) < 4.78 is 11.6. The molecule has 3 aromatic rings. The summed E-state index contributed by atoms with van der Waals surface area (Å²) in [5.74, 6) is 2.04. The van der Waals surface area contributed by atoms with Gasteiger partial charge in [0, 0.05) is 23.5 Å². The molecule has 3 heterocycles. The molecule has 1 saturated heterocycles. The molecule has 2 aromatic carbocycles. The summed E-state index contributed by atoms with van der Waals surface area (Å²) in [7, 11) is 0. The largest absolute Gasteiger partial charge is 0.487 e. The maximum absolute atomic E-state index is 13.2. The lowest BCUT2D eigenvalue weighted by Gasteiger charge is -2.39. The number of likely N-dealkylation sites (tertiary alicyclic amines) is 1.